The molecule has 0 fully saturated rings. The standard InChI is InChI=1S/C13H17ClO2/c1-13(2,16)11(7-8-15)9-10-3-5-12(14)6-4-10/h3-6,9,15-16H,7-8H2,1-2H3/b11-9-. The highest BCUT2D eigenvalue weighted by Gasteiger charge is 2.18. The highest BCUT2D eigenvalue weighted by molar-refractivity contribution is 6.30. The van der Waals surface area contributed by atoms with Crippen LogP contribution >= 0.6 is 11.6 Å². The van der Waals surface area contributed by atoms with Crippen LogP contribution in [0.1, 0.15) is 25.8 Å². The Morgan fingerprint density at radius 1 is 1.31 bits per heavy atom. The fourth-order valence-corrected chi connectivity index (χ4v) is 1.56. The Kier molecular flexibility index (Phi) is 4.54. The van der Waals surface area contributed by atoms with E-state index in [2.05, 4.69) is 0 Å². The SMILES string of the molecule is CC(C)(O)/C(=C\c1ccc(Cl)cc1)CCO. The first-order valence-corrected chi connectivity index (χ1v) is 5.61. The zero-order chi connectivity index (χ0) is 12.2. The number of rotatable bonds is 4. The molecule has 0 aromatic heterocycles. The van der Waals surface area contributed by atoms with Crippen LogP contribution in [0.3, 0.4) is 0 Å². The number of halogens is 1. The molecule has 1 aromatic carbocycles. The summed E-state index contributed by atoms with van der Waals surface area (Å²) in [6.07, 6.45) is 2.35. The lowest BCUT2D eigenvalue weighted by Crippen LogP contribution is -2.22. The second kappa shape index (κ2) is 5.48. The maximum Gasteiger partial charge on any atom is 0.0804 e. The fraction of sp³-hybridized carbons (Fsp3) is 0.385. The molecule has 0 aliphatic rings. The molecular formula is C13H17ClO2. The molecule has 0 saturated heterocycles. The topological polar surface area (TPSA) is 40.5 Å². The molecular weight excluding hydrogens is 224 g/mol. The first kappa shape index (κ1) is 13.2. The van der Waals surface area contributed by atoms with Crippen molar-refractivity contribution in [1.82, 2.24) is 0 Å². The molecule has 1 rings (SSSR count). The molecule has 0 radical (unpaired) electrons. The summed E-state index contributed by atoms with van der Waals surface area (Å²) >= 11 is 5.79. The van der Waals surface area contributed by atoms with Crippen molar-refractivity contribution in [2.45, 2.75) is 25.9 Å². The number of hydrogen-bond donors (Lipinski definition) is 2. The van der Waals surface area contributed by atoms with Gasteiger partial charge in [0.1, 0.15) is 0 Å². The molecule has 0 unspecified atom stereocenters. The van der Waals surface area contributed by atoms with E-state index in [9.17, 15) is 5.11 Å². The zero-order valence-corrected chi connectivity index (χ0v) is 10.3. The van der Waals surface area contributed by atoms with E-state index < -0.39 is 5.60 Å². The summed E-state index contributed by atoms with van der Waals surface area (Å²) in [6, 6.07) is 7.36. The zero-order valence-electron chi connectivity index (χ0n) is 9.57. The Labute approximate surface area is 101 Å². The van der Waals surface area contributed by atoms with Gasteiger partial charge in [-0.1, -0.05) is 29.8 Å². The van der Waals surface area contributed by atoms with E-state index in [4.69, 9.17) is 16.7 Å². The highest BCUT2D eigenvalue weighted by Crippen LogP contribution is 2.22. The smallest absolute Gasteiger partial charge is 0.0804 e. The number of aliphatic hydroxyl groups excluding tert-OH is 1. The largest absolute Gasteiger partial charge is 0.396 e. The third-order valence-corrected chi connectivity index (χ3v) is 2.63. The van der Waals surface area contributed by atoms with Crippen LogP contribution in [0.2, 0.25) is 5.02 Å². The van der Waals surface area contributed by atoms with Crippen molar-refractivity contribution in [3.8, 4) is 0 Å². The normalized spacial score (nSPS) is 12.9. The van der Waals surface area contributed by atoms with Gasteiger partial charge in [-0.3, -0.25) is 0 Å². The Morgan fingerprint density at radius 2 is 1.88 bits per heavy atom. The van der Waals surface area contributed by atoms with Crippen molar-refractivity contribution >= 4 is 17.7 Å². The highest BCUT2D eigenvalue weighted by atomic mass is 35.5. The van der Waals surface area contributed by atoms with Crippen LogP contribution in [0.15, 0.2) is 29.8 Å². The fourth-order valence-electron chi connectivity index (χ4n) is 1.44. The van der Waals surface area contributed by atoms with Gasteiger partial charge in [0, 0.05) is 11.6 Å². The summed E-state index contributed by atoms with van der Waals surface area (Å²) < 4.78 is 0. The van der Waals surface area contributed by atoms with Crippen LogP contribution in [0.25, 0.3) is 6.08 Å². The van der Waals surface area contributed by atoms with Gasteiger partial charge in [-0.25, -0.2) is 0 Å². The van der Waals surface area contributed by atoms with Crippen molar-refractivity contribution < 1.29 is 10.2 Å². The molecule has 0 aliphatic heterocycles. The minimum absolute atomic E-state index is 0.0312. The summed E-state index contributed by atoms with van der Waals surface area (Å²) in [5.74, 6) is 0. The molecule has 88 valence electrons. The lowest BCUT2D eigenvalue weighted by Gasteiger charge is -2.21. The van der Waals surface area contributed by atoms with E-state index in [0.717, 1.165) is 11.1 Å². The Bertz CT molecular complexity index is 361. The van der Waals surface area contributed by atoms with Crippen LogP contribution in [0.5, 0.6) is 0 Å². The van der Waals surface area contributed by atoms with Gasteiger partial charge >= 0.3 is 0 Å². The van der Waals surface area contributed by atoms with Crippen LogP contribution in [0, 0.1) is 0 Å². The van der Waals surface area contributed by atoms with Gasteiger partial charge in [0.15, 0.2) is 0 Å². The molecule has 0 heterocycles. The first-order chi connectivity index (χ1) is 7.43. The van der Waals surface area contributed by atoms with E-state index in [-0.39, 0.29) is 6.61 Å². The van der Waals surface area contributed by atoms with E-state index >= 15 is 0 Å². The quantitative estimate of drug-likeness (QED) is 0.850. The Balaban J connectivity index is 2.98. The minimum atomic E-state index is -0.914. The van der Waals surface area contributed by atoms with Crippen molar-refractivity contribution in [3.05, 3.63) is 40.4 Å². The Morgan fingerprint density at radius 3 is 2.31 bits per heavy atom. The van der Waals surface area contributed by atoms with Crippen LogP contribution in [0.4, 0.5) is 0 Å². The second-order valence-corrected chi connectivity index (χ2v) is 4.69. The van der Waals surface area contributed by atoms with E-state index in [1.165, 1.54) is 0 Å². The lowest BCUT2D eigenvalue weighted by molar-refractivity contribution is 0.113. The van der Waals surface area contributed by atoms with Gasteiger partial charge in [0.25, 0.3) is 0 Å². The third-order valence-electron chi connectivity index (χ3n) is 2.38. The van der Waals surface area contributed by atoms with Gasteiger partial charge in [0.2, 0.25) is 0 Å². The van der Waals surface area contributed by atoms with Crippen molar-refractivity contribution in [2.24, 2.45) is 0 Å². The predicted octanol–water partition coefficient (Wildman–Crippen LogP) is 2.88. The maximum absolute atomic E-state index is 9.92. The molecule has 2 nitrogen and oxygen atoms in total. The number of benzene rings is 1. The average Bonchev–Trinajstić information content (AvgIpc) is 2.19. The number of aliphatic hydroxyl groups is 2. The molecule has 0 bridgehead atoms. The van der Waals surface area contributed by atoms with Crippen molar-refractivity contribution in [1.29, 1.82) is 0 Å². The summed E-state index contributed by atoms with van der Waals surface area (Å²) in [5.41, 5.74) is 0.856. The summed E-state index contributed by atoms with van der Waals surface area (Å²) in [4.78, 5) is 0. The first-order valence-electron chi connectivity index (χ1n) is 5.23. The van der Waals surface area contributed by atoms with Gasteiger partial charge in [-0.15, -0.1) is 0 Å². The van der Waals surface area contributed by atoms with Crippen LogP contribution in [-0.4, -0.2) is 22.4 Å². The van der Waals surface area contributed by atoms with Gasteiger partial charge < -0.3 is 10.2 Å². The summed E-state index contributed by atoms with van der Waals surface area (Å²) in [7, 11) is 0. The molecule has 2 N–H and O–H groups in total. The van der Waals surface area contributed by atoms with Gasteiger partial charge in [-0.05, 0) is 43.5 Å². The van der Waals surface area contributed by atoms with Gasteiger partial charge in [-0.2, -0.15) is 0 Å². The summed E-state index contributed by atoms with van der Waals surface area (Å²) in [5, 5.41) is 19.6. The summed E-state index contributed by atoms with van der Waals surface area (Å²) in [6.45, 7) is 3.46. The molecule has 0 saturated carbocycles. The molecule has 0 aliphatic carbocycles. The maximum atomic E-state index is 9.92. The third kappa shape index (κ3) is 3.97. The van der Waals surface area contributed by atoms with Crippen molar-refractivity contribution in [3.63, 3.8) is 0 Å². The van der Waals surface area contributed by atoms with Gasteiger partial charge in [0.05, 0.1) is 5.60 Å². The van der Waals surface area contributed by atoms with Crippen molar-refractivity contribution in [2.75, 3.05) is 6.61 Å². The number of hydrogen-bond acceptors (Lipinski definition) is 2. The molecule has 3 heteroatoms. The molecule has 16 heavy (non-hydrogen) atoms. The monoisotopic (exact) mass is 240 g/mol. The molecule has 0 amide bonds. The van der Waals surface area contributed by atoms with E-state index in [0.29, 0.717) is 11.4 Å². The lowest BCUT2D eigenvalue weighted by atomic mass is 9.93. The van der Waals surface area contributed by atoms with Crippen LogP contribution in [-0.2, 0) is 0 Å². The van der Waals surface area contributed by atoms with Crippen LogP contribution < -0.4 is 0 Å². The average molecular weight is 241 g/mol. The second-order valence-electron chi connectivity index (χ2n) is 4.25. The molecule has 0 spiro atoms. The van der Waals surface area contributed by atoms with E-state index in [1.54, 1.807) is 26.0 Å². The molecule has 1 aromatic rings. The molecule has 0 atom stereocenters. The predicted molar refractivity (Wildman–Crippen MR) is 67.4 cm³/mol. The minimum Gasteiger partial charge on any atom is -0.396 e. The Hall–Kier alpha value is -0.830. The van der Waals surface area contributed by atoms with E-state index in [1.807, 2.05) is 18.2 Å².